The van der Waals surface area contributed by atoms with Crippen LogP contribution in [0.25, 0.3) is 5.52 Å². The summed E-state index contributed by atoms with van der Waals surface area (Å²) in [6.07, 6.45) is 7.17. The second-order valence-electron chi connectivity index (χ2n) is 3.54. The maximum atomic E-state index is 8.80. The molecule has 0 aliphatic heterocycles. The van der Waals surface area contributed by atoms with Crippen molar-refractivity contribution >= 4 is 5.52 Å². The minimum atomic E-state index is 0.175. The fourth-order valence-corrected chi connectivity index (χ4v) is 1.55. The van der Waals surface area contributed by atoms with E-state index in [1.807, 2.05) is 24.3 Å². The van der Waals surface area contributed by atoms with Gasteiger partial charge in [0.25, 0.3) is 0 Å². The molecule has 0 saturated carbocycles. The number of rotatable bonds is 4. The zero-order chi connectivity index (χ0) is 10.7. The Morgan fingerprint density at radius 2 is 2.33 bits per heavy atom. The lowest BCUT2D eigenvalue weighted by molar-refractivity contribution is 0.217. The first-order chi connectivity index (χ1) is 7.31. The second kappa shape index (κ2) is 4.37. The topological polar surface area (TPSA) is 53.7 Å². The van der Waals surface area contributed by atoms with E-state index in [2.05, 4.69) is 10.1 Å². The molecule has 5 heteroatoms. The summed E-state index contributed by atoms with van der Waals surface area (Å²) >= 11 is 0. The number of fused-ring (bicyclic) bond motifs is 1. The number of nitrogens with zero attached hydrogens (tertiary/aromatic N) is 4. The Morgan fingerprint density at radius 1 is 1.47 bits per heavy atom. The van der Waals surface area contributed by atoms with E-state index in [1.165, 1.54) is 0 Å². The van der Waals surface area contributed by atoms with Gasteiger partial charge in [0.1, 0.15) is 0 Å². The lowest BCUT2D eigenvalue weighted by Gasteiger charge is -2.13. The van der Waals surface area contributed by atoms with Crippen molar-refractivity contribution in [2.75, 3.05) is 20.2 Å². The minimum Gasteiger partial charge on any atom is -0.395 e. The van der Waals surface area contributed by atoms with Gasteiger partial charge in [0.2, 0.25) is 0 Å². The van der Waals surface area contributed by atoms with Crippen molar-refractivity contribution in [3.05, 3.63) is 30.4 Å². The number of hydrogen-bond acceptors (Lipinski definition) is 4. The van der Waals surface area contributed by atoms with Gasteiger partial charge >= 0.3 is 0 Å². The molecule has 1 N–H and O–H groups in total. The van der Waals surface area contributed by atoms with Gasteiger partial charge in [0, 0.05) is 31.0 Å². The Morgan fingerprint density at radius 3 is 3.13 bits per heavy atom. The van der Waals surface area contributed by atoms with Gasteiger partial charge in [-0.2, -0.15) is 5.10 Å². The van der Waals surface area contributed by atoms with E-state index in [0.29, 0.717) is 6.54 Å². The molecule has 0 amide bonds. The van der Waals surface area contributed by atoms with E-state index < -0.39 is 0 Å². The highest BCUT2D eigenvalue weighted by atomic mass is 16.3. The molecule has 15 heavy (non-hydrogen) atoms. The highest BCUT2D eigenvalue weighted by Crippen LogP contribution is 2.10. The molecule has 2 rings (SSSR count). The zero-order valence-corrected chi connectivity index (χ0v) is 8.67. The number of likely N-dealkylation sites (N-methyl/N-ethyl adjacent to an activating group) is 1. The maximum absolute atomic E-state index is 8.80. The van der Waals surface area contributed by atoms with Crippen molar-refractivity contribution in [3.8, 4) is 0 Å². The molecule has 0 saturated heterocycles. The van der Waals surface area contributed by atoms with Crippen LogP contribution in [0, 0.1) is 0 Å². The average molecular weight is 206 g/mol. The lowest BCUT2D eigenvalue weighted by atomic mass is 10.3. The van der Waals surface area contributed by atoms with Crippen molar-refractivity contribution in [2.45, 2.75) is 6.54 Å². The molecule has 0 atom stereocenters. The Balaban J connectivity index is 2.21. The standard InChI is InChI=1S/C10H14N4O/c1-13(4-5-15)8-9-6-12-14-3-2-11-7-10(9)14/h2-3,6-7,15H,4-5,8H2,1H3. The Hall–Kier alpha value is -1.46. The fourth-order valence-electron chi connectivity index (χ4n) is 1.55. The molecule has 0 spiro atoms. The molecule has 2 aromatic heterocycles. The molecular formula is C10H14N4O. The summed E-state index contributed by atoms with van der Waals surface area (Å²) in [6, 6.07) is 0. The number of aromatic nitrogens is 3. The smallest absolute Gasteiger partial charge is 0.0889 e. The summed E-state index contributed by atoms with van der Waals surface area (Å²) in [5.41, 5.74) is 2.14. The predicted molar refractivity (Wildman–Crippen MR) is 56.4 cm³/mol. The van der Waals surface area contributed by atoms with Gasteiger partial charge in [-0.05, 0) is 7.05 Å². The van der Waals surface area contributed by atoms with Crippen LogP contribution in [-0.2, 0) is 6.54 Å². The molecule has 2 aromatic rings. The van der Waals surface area contributed by atoms with Crippen LogP contribution in [0.4, 0.5) is 0 Å². The normalized spacial score (nSPS) is 11.4. The number of aliphatic hydroxyl groups is 1. The van der Waals surface area contributed by atoms with Crippen molar-refractivity contribution in [3.63, 3.8) is 0 Å². The fraction of sp³-hybridized carbons (Fsp3) is 0.400. The van der Waals surface area contributed by atoms with Gasteiger partial charge in [-0.15, -0.1) is 0 Å². The van der Waals surface area contributed by atoms with Gasteiger partial charge in [0.15, 0.2) is 0 Å². The lowest BCUT2D eigenvalue weighted by Crippen LogP contribution is -2.21. The largest absolute Gasteiger partial charge is 0.395 e. The maximum Gasteiger partial charge on any atom is 0.0889 e. The van der Waals surface area contributed by atoms with E-state index in [9.17, 15) is 0 Å². The van der Waals surface area contributed by atoms with Gasteiger partial charge in [-0.3, -0.25) is 9.88 Å². The number of hydrogen-bond donors (Lipinski definition) is 1. The van der Waals surface area contributed by atoms with Gasteiger partial charge in [0.05, 0.1) is 24.5 Å². The Labute approximate surface area is 88.0 Å². The first-order valence-corrected chi connectivity index (χ1v) is 4.87. The first kappa shape index (κ1) is 10.1. The molecule has 0 unspecified atom stereocenters. The predicted octanol–water partition coefficient (Wildman–Crippen LogP) is 0.153. The zero-order valence-electron chi connectivity index (χ0n) is 8.67. The van der Waals surface area contributed by atoms with Crippen molar-refractivity contribution in [1.82, 2.24) is 19.5 Å². The third-order valence-electron chi connectivity index (χ3n) is 2.33. The van der Waals surface area contributed by atoms with E-state index in [0.717, 1.165) is 17.6 Å². The van der Waals surface area contributed by atoms with Crippen molar-refractivity contribution < 1.29 is 5.11 Å². The first-order valence-electron chi connectivity index (χ1n) is 4.87. The average Bonchev–Trinajstić information content (AvgIpc) is 2.62. The molecule has 0 fully saturated rings. The van der Waals surface area contributed by atoms with Crippen LogP contribution in [0.15, 0.2) is 24.8 Å². The SMILES string of the molecule is CN(CCO)Cc1cnn2ccncc12. The minimum absolute atomic E-state index is 0.175. The molecule has 2 heterocycles. The molecule has 80 valence electrons. The van der Waals surface area contributed by atoms with Gasteiger partial charge in [-0.1, -0.05) is 0 Å². The summed E-state index contributed by atoms with van der Waals surface area (Å²) in [5.74, 6) is 0. The molecule has 0 bridgehead atoms. The van der Waals surface area contributed by atoms with E-state index in [1.54, 1.807) is 16.9 Å². The monoisotopic (exact) mass is 206 g/mol. The van der Waals surface area contributed by atoms with Crippen LogP contribution in [0.3, 0.4) is 0 Å². The van der Waals surface area contributed by atoms with Crippen LogP contribution in [0.1, 0.15) is 5.56 Å². The summed E-state index contributed by atoms with van der Waals surface area (Å²) in [5, 5.41) is 13.0. The third kappa shape index (κ3) is 2.14. The molecule has 0 aliphatic carbocycles. The highest BCUT2D eigenvalue weighted by molar-refractivity contribution is 5.51. The molecule has 0 radical (unpaired) electrons. The summed E-state index contributed by atoms with van der Waals surface area (Å²) in [6.45, 7) is 1.61. The quantitative estimate of drug-likeness (QED) is 0.774. The van der Waals surface area contributed by atoms with Crippen LogP contribution >= 0.6 is 0 Å². The Bertz CT molecular complexity index is 440. The van der Waals surface area contributed by atoms with Crippen molar-refractivity contribution in [2.24, 2.45) is 0 Å². The molecule has 0 aromatic carbocycles. The van der Waals surface area contributed by atoms with E-state index in [-0.39, 0.29) is 6.61 Å². The molecule has 5 nitrogen and oxygen atoms in total. The second-order valence-corrected chi connectivity index (χ2v) is 3.54. The van der Waals surface area contributed by atoms with Crippen molar-refractivity contribution in [1.29, 1.82) is 0 Å². The van der Waals surface area contributed by atoms with Crippen LogP contribution in [-0.4, -0.2) is 44.8 Å². The van der Waals surface area contributed by atoms with Gasteiger partial charge in [-0.25, -0.2) is 4.52 Å². The number of aliphatic hydroxyl groups excluding tert-OH is 1. The van der Waals surface area contributed by atoms with Crippen LogP contribution < -0.4 is 0 Å². The van der Waals surface area contributed by atoms with Gasteiger partial charge < -0.3 is 5.11 Å². The summed E-state index contributed by atoms with van der Waals surface area (Å²) < 4.78 is 1.80. The van der Waals surface area contributed by atoms with Crippen LogP contribution in [0.2, 0.25) is 0 Å². The third-order valence-corrected chi connectivity index (χ3v) is 2.33. The summed E-state index contributed by atoms with van der Waals surface area (Å²) in [7, 11) is 1.97. The highest BCUT2D eigenvalue weighted by Gasteiger charge is 2.06. The van der Waals surface area contributed by atoms with E-state index >= 15 is 0 Å². The van der Waals surface area contributed by atoms with Crippen LogP contribution in [0.5, 0.6) is 0 Å². The van der Waals surface area contributed by atoms with E-state index in [4.69, 9.17) is 5.11 Å². The molecular weight excluding hydrogens is 192 g/mol. The Kier molecular flexibility index (Phi) is 2.94. The summed E-state index contributed by atoms with van der Waals surface area (Å²) in [4.78, 5) is 6.12. The molecule has 0 aliphatic rings.